The number of ether oxygens (including phenoxy) is 2. The number of hydrogen-bond donors (Lipinski definition) is 1. The van der Waals surface area contributed by atoms with Crippen molar-refractivity contribution in [1.29, 1.82) is 0 Å². The second kappa shape index (κ2) is 7.61. The van der Waals surface area contributed by atoms with Crippen molar-refractivity contribution in [2.24, 2.45) is 0 Å². The number of carboxylic acid groups (broad SMARTS) is 1. The Kier molecular flexibility index (Phi) is 5.65. The van der Waals surface area contributed by atoms with Gasteiger partial charge >= 0.3 is 17.9 Å². The Balaban J connectivity index is 0.00000280. The molecule has 0 heterocycles. The van der Waals surface area contributed by atoms with Crippen LogP contribution in [0.1, 0.15) is 56.0 Å². The van der Waals surface area contributed by atoms with Crippen molar-refractivity contribution < 1.29 is 51.0 Å². The first-order chi connectivity index (χ1) is 12.7. The summed E-state index contributed by atoms with van der Waals surface area (Å²) in [5.41, 5.74) is -0.967. The van der Waals surface area contributed by atoms with E-state index in [1.807, 2.05) is 0 Å². The standard InChI is InChI=1S/C19H12O8.ClH/c1-8(20)26-13-5-3-4-11-15(13)18(23)16-12(17(11)22)6-10(19(24)25)7-14(16)27-9(2)21;/h3-7H,1-2H3,(H,24,25);1H/p-1. The minimum atomic E-state index is -1.36. The van der Waals surface area contributed by atoms with Crippen LogP contribution in [0.5, 0.6) is 11.5 Å². The number of carbonyl (C=O) groups is 5. The highest BCUT2D eigenvalue weighted by Gasteiger charge is 2.36. The van der Waals surface area contributed by atoms with Crippen LogP contribution < -0.4 is 21.9 Å². The Morgan fingerprint density at radius 2 is 1.39 bits per heavy atom. The molecule has 0 aromatic heterocycles. The van der Waals surface area contributed by atoms with Crippen molar-refractivity contribution >= 4 is 29.5 Å². The maximum absolute atomic E-state index is 13.1. The van der Waals surface area contributed by atoms with Crippen LogP contribution in [-0.2, 0) is 9.59 Å². The van der Waals surface area contributed by atoms with E-state index < -0.39 is 29.5 Å². The Morgan fingerprint density at radius 3 is 1.96 bits per heavy atom. The summed E-state index contributed by atoms with van der Waals surface area (Å²) in [5.74, 6) is -4.66. The SMILES string of the molecule is CC(=O)Oc1cccc2c1C(=O)c1c(OC(C)=O)cc(C(=O)O)cc1C2=O.[Cl-]. The van der Waals surface area contributed by atoms with Crippen molar-refractivity contribution in [3.63, 3.8) is 0 Å². The van der Waals surface area contributed by atoms with Crippen molar-refractivity contribution in [3.8, 4) is 11.5 Å². The highest BCUT2D eigenvalue weighted by Crippen LogP contribution is 2.38. The van der Waals surface area contributed by atoms with Crippen LogP contribution in [0.15, 0.2) is 30.3 Å². The Bertz CT molecular complexity index is 1050. The van der Waals surface area contributed by atoms with Crippen LogP contribution >= 0.6 is 0 Å². The molecule has 0 saturated heterocycles. The molecule has 1 N–H and O–H groups in total. The van der Waals surface area contributed by atoms with E-state index in [9.17, 15) is 29.1 Å². The van der Waals surface area contributed by atoms with Gasteiger partial charge in [0.15, 0.2) is 5.78 Å². The fourth-order valence-electron chi connectivity index (χ4n) is 2.85. The molecule has 8 nitrogen and oxygen atoms in total. The molecule has 0 bridgehead atoms. The number of hydrogen-bond acceptors (Lipinski definition) is 7. The van der Waals surface area contributed by atoms with Crippen LogP contribution in [0.4, 0.5) is 0 Å². The van der Waals surface area contributed by atoms with Crippen LogP contribution in [0.2, 0.25) is 0 Å². The summed E-state index contributed by atoms with van der Waals surface area (Å²) in [5, 5.41) is 9.24. The third-order valence-electron chi connectivity index (χ3n) is 3.83. The zero-order chi connectivity index (χ0) is 19.9. The van der Waals surface area contributed by atoms with Gasteiger partial charge in [-0.3, -0.25) is 19.2 Å². The number of fused-ring (bicyclic) bond motifs is 2. The Hall–Kier alpha value is -3.52. The quantitative estimate of drug-likeness (QED) is 0.437. The molecule has 0 spiro atoms. The summed E-state index contributed by atoms with van der Waals surface area (Å²) in [4.78, 5) is 60.0. The van der Waals surface area contributed by atoms with Gasteiger partial charge in [0, 0.05) is 25.0 Å². The molecule has 2 aromatic rings. The lowest BCUT2D eigenvalue weighted by Gasteiger charge is -2.21. The minimum absolute atomic E-state index is 0. The second-order valence-electron chi connectivity index (χ2n) is 5.73. The van der Waals surface area contributed by atoms with Gasteiger partial charge in [0.1, 0.15) is 11.5 Å². The van der Waals surface area contributed by atoms with E-state index in [1.165, 1.54) is 18.2 Å². The largest absolute Gasteiger partial charge is 1.00 e. The van der Waals surface area contributed by atoms with E-state index in [0.717, 1.165) is 26.0 Å². The summed E-state index contributed by atoms with van der Waals surface area (Å²) < 4.78 is 9.99. The molecule has 0 amide bonds. The molecule has 1 aliphatic carbocycles. The van der Waals surface area contributed by atoms with Crippen molar-refractivity contribution in [1.82, 2.24) is 0 Å². The average Bonchev–Trinajstić information content (AvgIpc) is 2.57. The fourth-order valence-corrected chi connectivity index (χ4v) is 2.85. The molecule has 144 valence electrons. The van der Waals surface area contributed by atoms with Gasteiger partial charge in [-0.05, 0) is 18.2 Å². The highest BCUT2D eigenvalue weighted by molar-refractivity contribution is 6.30. The lowest BCUT2D eigenvalue weighted by atomic mass is 9.82. The zero-order valence-electron chi connectivity index (χ0n) is 14.6. The minimum Gasteiger partial charge on any atom is -1.00 e. The monoisotopic (exact) mass is 403 g/mol. The highest BCUT2D eigenvalue weighted by atomic mass is 35.5. The lowest BCUT2D eigenvalue weighted by molar-refractivity contribution is -0.132. The number of halogens is 1. The number of esters is 2. The Morgan fingerprint density at radius 1 is 0.821 bits per heavy atom. The van der Waals surface area contributed by atoms with E-state index in [2.05, 4.69) is 0 Å². The van der Waals surface area contributed by atoms with E-state index in [0.29, 0.717) is 0 Å². The van der Waals surface area contributed by atoms with Gasteiger partial charge in [-0.25, -0.2) is 4.79 Å². The number of aromatic carboxylic acids is 1. The molecule has 9 heteroatoms. The predicted octanol–water partition coefficient (Wildman–Crippen LogP) is -0.985. The van der Waals surface area contributed by atoms with Gasteiger partial charge in [-0.1, -0.05) is 12.1 Å². The number of carboxylic acids is 1. The number of ketones is 2. The Labute approximate surface area is 164 Å². The van der Waals surface area contributed by atoms with Gasteiger partial charge in [0.25, 0.3) is 0 Å². The normalized spacial score (nSPS) is 11.6. The van der Waals surface area contributed by atoms with Crippen molar-refractivity contribution in [2.75, 3.05) is 0 Å². The summed E-state index contributed by atoms with van der Waals surface area (Å²) in [6.45, 7) is 2.22. The third-order valence-corrected chi connectivity index (χ3v) is 3.83. The molecule has 0 aliphatic heterocycles. The molecule has 0 radical (unpaired) electrons. The van der Waals surface area contributed by atoms with Crippen molar-refractivity contribution in [2.45, 2.75) is 13.8 Å². The van der Waals surface area contributed by atoms with Gasteiger partial charge in [-0.15, -0.1) is 0 Å². The topological polar surface area (TPSA) is 124 Å². The summed E-state index contributed by atoms with van der Waals surface area (Å²) in [7, 11) is 0. The first-order valence-electron chi connectivity index (χ1n) is 7.71. The van der Waals surface area contributed by atoms with Crippen LogP contribution in [0.3, 0.4) is 0 Å². The summed E-state index contributed by atoms with van der Waals surface area (Å²) in [6.07, 6.45) is 0. The average molecular weight is 404 g/mol. The molecule has 0 atom stereocenters. The van der Waals surface area contributed by atoms with Gasteiger partial charge in [0.2, 0.25) is 5.78 Å². The van der Waals surface area contributed by atoms with Crippen molar-refractivity contribution in [3.05, 3.63) is 58.1 Å². The first-order valence-corrected chi connectivity index (χ1v) is 7.71. The molecule has 1 aliphatic rings. The molecular weight excluding hydrogens is 392 g/mol. The first kappa shape index (κ1) is 20.8. The van der Waals surface area contributed by atoms with E-state index in [-0.39, 0.29) is 51.7 Å². The van der Waals surface area contributed by atoms with Crippen LogP contribution in [0, 0.1) is 0 Å². The van der Waals surface area contributed by atoms with E-state index in [1.54, 1.807) is 0 Å². The molecule has 0 saturated carbocycles. The van der Waals surface area contributed by atoms with Gasteiger partial charge in [-0.2, -0.15) is 0 Å². The molecular formula is C19H12ClO8-. The number of rotatable bonds is 3. The summed E-state index contributed by atoms with van der Waals surface area (Å²) in [6, 6.07) is 6.19. The molecule has 3 rings (SSSR count). The smallest absolute Gasteiger partial charge is 0.335 e. The van der Waals surface area contributed by atoms with Crippen LogP contribution in [0.25, 0.3) is 0 Å². The van der Waals surface area contributed by atoms with Crippen LogP contribution in [-0.4, -0.2) is 34.6 Å². The lowest BCUT2D eigenvalue weighted by Crippen LogP contribution is -3.00. The van der Waals surface area contributed by atoms with Gasteiger partial charge in [0.05, 0.1) is 16.7 Å². The fraction of sp³-hybridized carbons (Fsp3) is 0.105. The van der Waals surface area contributed by atoms with Gasteiger partial charge < -0.3 is 27.0 Å². The predicted molar refractivity (Wildman–Crippen MR) is 89.3 cm³/mol. The molecule has 28 heavy (non-hydrogen) atoms. The second-order valence-corrected chi connectivity index (χ2v) is 5.73. The zero-order valence-corrected chi connectivity index (χ0v) is 15.3. The number of carbonyl (C=O) groups excluding carboxylic acids is 4. The number of benzene rings is 2. The molecule has 0 unspecified atom stereocenters. The maximum Gasteiger partial charge on any atom is 0.335 e. The van der Waals surface area contributed by atoms with E-state index >= 15 is 0 Å². The maximum atomic E-state index is 13.1. The molecule has 0 fully saturated rings. The summed E-state index contributed by atoms with van der Waals surface area (Å²) >= 11 is 0. The third kappa shape index (κ3) is 3.49. The molecule has 2 aromatic carbocycles. The van der Waals surface area contributed by atoms with E-state index in [4.69, 9.17) is 9.47 Å².